The third-order valence-corrected chi connectivity index (χ3v) is 4.29. The van der Waals surface area contributed by atoms with E-state index in [4.69, 9.17) is 0 Å². The van der Waals surface area contributed by atoms with E-state index in [1.807, 2.05) is 12.1 Å². The molecular formula is C15H21NO2. The van der Waals surface area contributed by atoms with Crippen LogP contribution in [0, 0.1) is 0 Å². The van der Waals surface area contributed by atoms with Gasteiger partial charge in [0.05, 0.1) is 6.10 Å². The zero-order valence-electron chi connectivity index (χ0n) is 10.6. The van der Waals surface area contributed by atoms with Crippen LogP contribution in [0.3, 0.4) is 0 Å². The summed E-state index contributed by atoms with van der Waals surface area (Å²) in [6.07, 6.45) is 6.13. The number of nitrogens with one attached hydrogen (secondary N) is 1. The Morgan fingerprint density at radius 1 is 1.17 bits per heavy atom. The number of hydrogen-bond acceptors (Lipinski definition) is 3. The van der Waals surface area contributed by atoms with Crippen LogP contribution in [-0.4, -0.2) is 22.4 Å². The van der Waals surface area contributed by atoms with Crippen molar-refractivity contribution in [3.05, 3.63) is 29.3 Å². The van der Waals surface area contributed by atoms with E-state index in [2.05, 4.69) is 5.32 Å². The van der Waals surface area contributed by atoms with Crippen molar-refractivity contribution in [1.82, 2.24) is 5.32 Å². The van der Waals surface area contributed by atoms with Crippen LogP contribution in [0.4, 0.5) is 0 Å². The second-order valence-corrected chi connectivity index (χ2v) is 5.66. The number of fused-ring (bicyclic) bond motifs is 1. The number of hydrogen-bond donors (Lipinski definition) is 3. The van der Waals surface area contributed by atoms with Crippen LogP contribution in [0.1, 0.15) is 49.3 Å². The van der Waals surface area contributed by atoms with Gasteiger partial charge >= 0.3 is 0 Å². The van der Waals surface area contributed by atoms with E-state index in [0.29, 0.717) is 17.8 Å². The summed E-state index contributed by atoms with van der Waals surface area (Å²) in [4.78, 5) is 0. The first-order valence-electron chi connectivity index (χ1n) is 6.98. The standard InChI is InChI=1S/C15H21NO2/c17-12-3-1-2-11(9-12)16-15-7-4-10-8-13(18)5-6-14(10)15/h5-6,8,11-12,15-18H,1-4,7,9H2. The zero-order valence-corrected chi connectivity index (χ0v) is 10.6. The summed E-state index contributed by atoms with van der Waals surface area (Å²) >= 11 is 0. The minimum atomic E-state index is -0.128. The van der Waals surface area contributed by atoms with Crippen molar-refractivity contribution in [2.45, 2.75) is 56.7 Å². The summed E-state index contributed by atoms with van der Waals surface area (Å²) in [7, 11) is 0. The SMILES string of the molecule is Oc1ccc2c(c1)CCC2NC1CCCC(O)C1. The molecule has 0 bridgehead atoms. The molecule has 0 aromatic heterocycles. The van der Waals surface area contributed by atoms with Gasteiger partial charge in [-0.1, -0.05) is 6.07 Å². The third-order valence-electron chi connectivity index (χ3n) is 4.29. The number of aliphatic hydroxyl groups is 1. The Morgan fingerprint density at radius 2 is 2.06 bits per heavy atom. The van der Waals surface area contributed by atoms with Gasteiger partial charge in [0.15, 0.2) is 0 Å². The largest absolute Gasteiger partial charge is 0.508 e. The van der Waals surface area contributed by atoms with Crippen molar-refractivity contribution in [1.29, 1.82) is 0 Å². The summed E-state index contributed by atoms with van der Waals surface area (Å²) < 4.78 is 0. The predicted octanol–water partition coefficient (Wildman–Crippen LogP) is 2.27. The van der Waals surface area contributed by atoms with Crippen molar-refractivity contribution < 1.29 is 10.2 Å². The fraction of sp³-hybridized carbons (Fsp3) is 0.600. The molecule has 3 heteroatoms. The molecule has 18 heavy (non-hydrogen) atoms. The van der Waals surface area contributed by atoms with Crippen LogP contribution in [0.2, 0.25) is 0 Å². The molecule has 1 fully saturated rings. The second kappa shape index (κ2) is 4.90. The highest BCUT2D eigenvalue weighted by Gasteiger charge is 2.27. The van der Waals surface area contributed by atoms with E-state index >= 15 is 0 Å². The maximum Gasteiger partial charge on any atom is 0.115 e. The van der Waals surface area contributed by atoms with Crippen LogP contribution >= 0.6 is 0 Å². The molecule has 98 valence electrons. The zero-order chi connectivity index (χ0) is 12.5. The van der Waals surface area contributed by atoms with Gasteiger partial charge in [0, 0.05) is 12.1 Å². The quantitative estimate of drug-likeness (QED) is 0.751. The van der Waals surface area contributed by atoms with Gasteiger partial charge in [-0.25, -0.2) is 0 Å². The number of aromatic hydroxyl groups is 1. The van der Waals surface area contributed by atoms with E-state index in [1.165, 1.54) is 17.5 Å². The third kappa shape index (κ3) is 2.38. The minimum Gasteiger partial charge on any atom is -0.508 e. The smallest absolute Gasteiger partial charge is 0.115 e. The lowest BCUT2D eigenvalue weighted by molar-refractivity contribution is 0.108. The Kier molecular flexibility index (Phi) is 3.27. The average molecular weight is 247 g/mol. The molecule has 1 saturated carbocycles. The number of phenolic OH excluding ortho intramolecular Hbond substituents is 1. The molecular weight excluding hydrogens is 226 g/mol. The summed E-state index contributed by atoms with van der Waals surface area (Å²) in [5.41, 5.74) is 2.59. The highest BCUT2D eigenvalue weighted by atomic mass is 16.3. The first kappa shape index (κ1) is 12.0. The average Bonchev–Trinajstić information content (AvgIpc) is 2.72. The van der Waals surface area contributed by atoms with Crippen LogP contribution < -0.4 is 5.32 Å². The summed E-state index contributed by atoms with van der Waals surface area (Å²) in [6, 6.07) is 6.53. The summed E-state index contributed by atoms with van der Waals surface area (Å²) in [5.74, 6) is 0.363. The Balaban J connectivity index is 1.69. The van der Waals surface area contributed by atoms with Crippen LogP contribution in [-0.2, 0) is 6.42 Å². The number of phenols is 1. The van der Waals surface area contributed by atoms with Gasteiger partial charge in [-0.15, -0.1) is 0 Å². The molecule has 2 aliphatic carbocycles. The molecule has 3 unspecified atom stereocenters. The number of benzene rings is 1. The Morgan fingerprint density at radius 3 is 2.89 bits per heavy atom. The van der Waals surface area contributed by atoms with E-state index in [0.717, 1.165) is 32.1 Å². The van der Waals surface area contributed by atoms with Gasteiger partial charge in [-0.05, 0) is 61.8 Å². The van der Waals surface area contributed by atoms with Gasteiger partial charge in [-0.2, -0.15) is 0 Å². The van der Waals surface area contributed by atoms with Crippen molar-refractivity contribution in [3.8, 4) is 5.75 Å². The van der Waals surface area contributed by atoms with Crippen LogP contribution in [0.5, 0.6) is 5.75 Å². The Hall–Kier alpha value is -1.06. The minimum absolute atomic E-state index is 0.128. The molecule has 0 amide bonds. The van der Waals surface area contributed by atoms with E-state index in [-0.39, 0.29) is 6.10 Å². The van der Waals surface area contributed by atoms with Gasteiger partial charge in [0.1, 0.15) is 5.75 Å². The molecule has 0 saturated heterocycles. The monoisotopic (exact) mass is 247 g/mol. The van der Waals surface area contributed by atoms with Crippen molar-refractivity contribution in [2.24, 2.45) is 0 Å². The molecule has 3 N–H and O–H groups in total. The van der Waals surface area contributed by atoms with Crippen molar-refractivity contribution in [2.75, 3.05) is 0 Å². The molecule has 2 aliphatic rings. The second-order valence-electron chi connectivity index (χ2n) is 5.66. The fourth-order valence-corrected chi connectivity index (χ4v) is 3.38. The molecule has 1 aromatic carbocycles. The number of aryl methyl sites for hydroxylation is 1. The maximum absolute atomic E-state index is 9.71. The first-order chi connectivity index (χ1) is 8.72. The van der Waals surface area contributed by atoms with E-state index < -0.39 is 0 Å². The number of rotatable bonds is 2. The van der Waals surface area contributed by atoms with E-state index in [1.54, 1.807) is 6.07 Å². The molecule has 3 atom stereocenters. The molecule has 0 spiro atoms. The van der Waals surface area contributed by atoms with Crippen LogP contribution in [0.25, 0.3) is 0 Å². The topological polar surface area (TPSA) is 52.5 Å². The Labute approximate surface area is 108 Å². The molecule has 1 aromatic rings. The maximum atomic E-state index is 9.71. The predicted molar refractivity (Wildman–Crippen MR) is 70.6 cm³/mol. The lowest BCUT2D eigenvalue weighted by atomic mass is 9.92. The highest BCUT2D eigenvalue weighted by Crippen LogP contribution is 2.34. The van der Waals surface area contributed by atoms with Gasteiger partial charge in [0.2, 0.25) is 0 Å². The molecule has 3 nitrogen and oxygen atoms in total. The molecule has 0 radical (unpaired) electrons. The van der Waals surface area contributed by atoms with Crippen LogP contribution in [0.15, 0.2) is 18.2 Å². The number of aliphatic hydroxyl groups excluding tert-OH is 1. The van der Waals surface area contributed by atoms with E-state index in [9.17, 15) is 10.2 Å². The summed E-state index contributed by atoms with van der Waals surface area (Å²) in [5, 5.41) is 22.9. The molecule has 0 heterocycles. The highest BCUT2D eigenvalue weighted by molar-refractivity contribution is 5.40. The van der Waals surface area contributed by atoms with Gasteiger partial charge < -0.3 is 15.5 Å². The lowest BCUT2D eigenvalue weighted by Crippen LogP contribution is -2.37. The normalized spacial score (nSPS) is 31.3. The van der Waals surface area contributed by atoms with Gasteiger partial charge in [-0.3, -0.25) is 0 Å². The van der Waals surface area contributed by atoms with Crippen molar-refractivity contribution in [3.63, 3.8) is 0 Å². The lowest BCUT2D eigenvalue weighted by Gasteiger charge is -2.29. The first-order valence-corrected chi connectivity index (χ1v) is 6.98. The summed E-state index contributed by atoms with van der Waals surface area (Å²) in [6.45, 7) is 0. The Bertz CT molecular complexity index is 433. The van der Waals surface area contributed by atoms with Gasteiger partial charge in [0.25, 0.3) is 0 Å². The molecule has 0 aliphatic heterocycles. The fourth-order valence-electron chi connectivity index (χ4n) is 3.38. The molecule has 3 rings (SSSR count). The van der Waals surface area contributed by atoms with Crippen molar-refractivity contribution >= 4 is 0 Å².